The summed E-state index contributed by atoms with van der Waals surface area (Å²) in [5, 5.41) is 5.73. The van der Waals surface area contributed by atoms with Gasteiger partial charge in [-0.2, -0.15) is 0 Å². The number of halogens is 2. The number of amides is 4. The fraction of sp³-hybridized carbons (Fsp3) is 0.318. The molecule has 10 heteroatoms. The first-order valence-corrected chi connectivity index (χ1v) is 10.8. The van der Waals surface area contributed by atoms with Gasteiger partial charge in [0.2, 0.25) is 17.7 Å². The summed E-state index contributed by atoms with van der Waals surface area (Å²) in [5.41, 5.74) is 1.11. The monoisotopic (exact) mass is 474 g/mol. The van der Waals surface area contributed by atoms with Gasteiger partial charge >= 0.3 is 0 Å². The van der Waals surface area contributed by atoms with E-state index in [-0.39, 0.29) is 48.2 Å². The Bertz CT molecular complexity index is 1110. The van der Waals surface area contributed by atoms with Crippen molar-refractivity contribution in [3.63, 3.8) is 0 Å². The molecule has 1 saturated heterocycles. The lowest BCUT2D eigenvalue weighted by molar-refractivity contribution is -0.144. The predicted octanol–water partition coefficient (Wildman–Crippen LogP) is 2.27. The molecule has 8 nitrogen and oxygen atoms in total. The van der Waals surface area contributed by atoms with Gasteiger partial charge in [-0.3, -0.25) is 34.4 Å². The molecule has 0 saturated carbocycles. The molecular weight excluding hydrogens is 455 g/mol. The van der Waals surface area contributed by atoms with Crippen LogP contribution in [0.25, 0.3) is 0 Å². The number of nitrogens with zero attached hydrogens (tertiary/aromatic N) is 2. The molecule has 0 bridgehead atoms. The summed E-state index contributed by atoms with van der Waals surface area (Å²) < 4.78 is 0. The highest BCUT2D eigenvalue weighted by atomic mass is 35.5. The quantitative estimate of drug-likeness (QED) is 0.652. The normalized spacial score (nSPS) is 25.0. The van der Waals surface area contributed by atoms with E-state index in [1.54, 1.807) is 25.1 Å². The second-order valence-electron chi connectivity index (χ2n) is 7.78. The zero-order valence-corrected chi connectivity index (χ0v) is 18.6. The molecule has 2 heterocycles. The van der Waals surface area contributed by atoms with Crippen LogP contribution in [0.15, 0.2) is 47.0 Å². The topological polar surface area (TPSA) is 108 Å². The first kappa shape index (κ1) is 22.2. The van der Waals surface area contributed by atoms with Crippen LogP contribution in [0, 0.1) is 5.92 Å². The summed E-state index contributed by atoms with van der Waals surface area (Å²) in [4.78, 5) is 55.4. The molecule has 0 aromatic heterocycles. The van der Waals surface area contributed by atoms with Gasteiger partial charge in [-0.25, -0.2) is 0 Å². The van der Waals surface area contributed by atoms with Gasteiger partial charge in [0.05, 0.1) is 22.0 Å². The van der Waals surface area contributed by atoms with Crippen LogP contribution in [0.4, 0.5) is 0 Å². The molecule has 1 aliphatic carbocycles. The third-order valence-electron chi connectivity index (χ3n) is 5.63. The van der Waals surface area contributed by atoms with Crippen molar-refractivity contribution in [2.45, 2.75) is 31.8 Å². The molecule has 1 fully saturated rings. The molecule has 4 rings (SSSR count). The number of hydrogen-bond donors (Lipinski definition) is 2. The van der Waals surface area contributed by atoms with Gasteiger partial charge in [0, 0.05) is 18.5 Å². The van der Waals surface area contributed by atoms with Crippen LogP contribution in [0.5, 0.6) is 0 Å². The van der Waals surface area contributed by atoms with Crippen LogP contribution in [0.1, 0.15) is 30.1 Å². The second-order valence-corrected chi connectivity index (χ2v) is 8.59. The van der Waals surface area contributed by atoms with Crippen molar-refractivity contribution in [1.82, 2.24) is 15.5 Å². The third kappa shape index (κ3) is 4.33. The maximum absolute atomic E-state index is 13.3. The zero-order chi connectivity index (χ0) is 23.0. The van der Waals surface area contributed by atoms with Crippen LogP contribution in [-0.4, -0.2) is 53.0 Å². The molecule has 0 spiro atoms. The van der Waals surface area contributed by atoms with Gasteiger partial charge in [-0.05, 0) is 37.1 Å². The zero-order valence-electron chi connectivity index (χ0n) is 17.1. The summed E-state index contributed by atoms with van der Waals surface area (Å²) in [6.45, 7) is 1.88. The average Bonchev–Trinajstić information content (AvgIpc) is 2.75. The number of rotatable bonds is 4. The number of piperidine rings is 1. The number of fused-ring (bicyclic) bond motifs is 1. The van der Waals surface area contributed by atoms with Crippen LogP contribution in [-0.2, 0) is 14.4 Å². The summed E-state index contributed by atoms with van der Waals surface area (Å²) >= 11 is 11.9. The number of hydrogen-bond acceptors (Lipinski definition) is 5. The van der Waals surface area contributed by atoms with Crippen molar-refractivity contribution in [2.75, 3.05) is 6.54 Å². The Labute approximate surface area is 194 Å². The SMILES string of the molecule is CC1=NC2C=CC(CNC(=O)c3ccc(Cl)c(Cl)c3)=CC2C(=O)N1C1CCC(=O)NC1=O. The first-order valence-electron chi connectivity index (χ1n) is 10.1. The minimum atomic E-state index is -0.762. The summed E-state index contributed by atoms with van der Waals surface area (Å²) in [6, 6.07) is 3.47. The lowest BCUT2D eigenvalue weighted by Gasteiger charge is -2.39. The standard InChI is InChI=1S/C22H20Cl2N4O4/c1-11-26-17-5-2-12(10-25-20(30)13-3-4-15(23)16(24)9-13)8-14(17)22(32)28(11)18-6-7-19(29)27-21(18)31/h2-5,8-9,14,17-18H,6-7,10H2,1H3,(H,25,30)(H,27,29,31). The van der Waals surface area contributed by atoms with Gasteiger partial charge in [0.1, 0.15) is 11.9 Å². The molecule has 166 valence electrons. The molecule has 2 N–H and O–H groups in total. The molecule has 4 amide bonds. The smallest absolute Gasteiger partial charge is 0.251 e. The van der Waals surface area contributed by atoms with E-state index < -0.39 is 17.9 Å². The molecule has 32 heavy (non-hydrogen) atoms. The maximum Gasteiger partial charge on any atom is 0.251 e. The van der Waals surface area contributed by atoms with Crippen molar-refractivity contribution in [3.05, 3.63) is 57.6 Å². The van der Waals surface area contributed by atoms with E-state index in [0.717, 1.165) is 5.57 Å². The lowest BCUT2D eigenvalue weighted by Crippen LogP contribution is -2.59. The Kier molecular flexibility index (Phi) is 6.17. The number of aliphatic imine (C=N–C) groups is 1. The molecule has 1 aromatic carbocycles. The maximum atomic E-state index is 13.3. The van der Waals surface area contributed by atoms with Gasteiger partial charge < -0.3 is 5.32 Å². The van der Waals surface area contributed by atoms with Gasteiger partial charge in [-0.1, -0.05) is 41.4 Å². The molecule has 1 aromatic rings. The van der Waals surface area contributed by atoms with E-state index in [9.17, 15) is 19.2 Å². The highest BCUT2D eigenvalue weighted by molar-refractivity contribution is 6.42. The Morgan fingerprint density at radius 2 is 2.03 bits per heavy atom. The van der Waals surface area contributed by atoms with Crippen molar-refractivity contribution in [1.29, 1.82) is 0 Å². The van der Waals surface area contributed by atoms with Crippen molar-refractivity contribution >= 4 is 52.7 Å². The Balaban J connectivity index is 1.47. The van der Waals surface area contributed by atoms with E-state index in [0.29, 0.717) is 16.4 Å². The molecule has 3 aliphatic rings. The summed E-state index contributed by atoms with van der Waals surface area (Å²) in [7, 11) is 0. The van der Waals surface area contributed by atoms with Crippen LogP contribution in [0.2, 0.25) is 10.0 Å². The average molecular weight is 475 g/mol. The molecule has 3 unspecified atom stereocenters. The Morgan fingerprint density at radius 3 is 2.75 bits per heavy atom. The highest BCUT2D eigenvalue weighted by Gasteiger charge is 2.43. The fourth-order valence-corrected chi connectivity index (χ4v) is 4.31. The van der Waals surface area contributed by atoms with E-state index in [1.165, 1.54) is 11.0 Å². The number of amidine groups is 1. The van der Waals surface area contributed by atoms with Crippen LogP contribution < -0.4 is 10.6 Å². The number of nitrogens with one attached hydrogen (secondary N) is 2. The molecule has 2 aliphatic heterocycles. The van der Waals surface area contributed by atoms with Gasteiger partial charge in [0.25, 0.3) is 5.91 Å². The van der Waals surface area contributed by atoms with E-state index >= 15 is 0 Å². The molecular formula is C22H20Cl2N4O4. The third-order valence-corrected chi connectivity index (χ3v) is 6.37. The second kappa shape index (κ2) is 8.88. The van der Waals surface area contributed by atoms with E-state index in [2.05, 4.69) is 15.6 Å². The predicted molar refractivity (Wildman–Crippen MR) is 119 cm³/mol. The van der Waals surface area contributed by atoms with E-state index in [1.807, 2.05) is 12.2 Å². The fourth-order valence-electron chi connectivity index (χ4n) is 4.01. The van der Waals surface area contributed by atoms with Crippen molar-refractivity contribution < 1.29 is 19.2 Å². The summed E-state index contributed by atoms with van der Waals surface area (Å²) in [6.07, 6.45) is 5.82. The lowest BCUT2D eigenvalue weighted by atomic mass is 9.87. The number of carbonyl (C=O) groups excluding carboxylic acids is 4. The number of imide groups is 1. The van der Waals surface area contributed by atoms with Gasteiger partial charge in [-0.15, -0.1) is 0 Å². The molecule has 0 radical (unpaired) electrons. The van der Waals surface area contributed by atoms with Crippen molar-refractivity contribution in [2.24, 2.45) is 10.9 Å². The number of carbonyl (C=O) groups is 4. The Morgan fingerprint density at radius 1 is 1.25 bits per heavy atom. The largest absolute Gasteiger partial charge is 0.348 e. The molecule has 3 atom stereocenters. The van der Waals surface area contributed by atoms with Crippen molar-refractivity contribution in [3.8, 4) is 0 Å². The summed E-state index contributed by atoms with van der Waals surface area (Å²) in [5.74, 6) is -1.56. The first-order chi connectivity index (χ1) is 15.2. The van der Waals surface area contributed by atoms with Crippen LogP contribution >= 0.6 is 23.2 Å². The van der Waals surface area contributed by atoms with E-state index in [4.69, 9.17) is 23.2 Å². The minimum absolute atomic E-state index is 0.170. The van der Waals surface area contributed by atoms with Crippen LogP contribution in [0.3, 0.4) is 0 Å². The van der Waals surface area contributed by atoms with Gasteiger partial charge in [0.15, 0.2) is 0 Å². The number of benzene rings is 1. The minimum Gasteiger partial charge on any atom is -0.348 e. The highest BCUT2D eigenvalue weighted by Crippen LogP contribution is 2.29. The Hall–Kier alpha value is -2.97.